The Morgan fingerprint density at radius 3 is 2.95 bits per heavy atom. The fraction of sp³-hybridized carbons (Fsp3) is 0.533. The van der Waals surface area contributed by atoms with Crippen molar-refractivity contribution in [3.05, 3.63) is 28.2 Å². The van der Waals surface area contributed by atoms with Gasteiger partial charge < -0.3 is 10.4 Å². The molecule has 0 heterocycles. The van der Waals surface area contributed by atoms with Gasteiger partial charge in [0.2, 0.25) is 5.91 Å². The average Bonchev–Trinajstić information content (AvgIpc) is 2.81. The van der Waals surface area contributed by atoms with Crippen LogP contribution in [0.25, 0.3) is 0 Å². The van der Waals surface area contributed by atoms with E-state index in [0.717, 1.165) is 28.6 Å². The Hall–Kier alpha value is -0.520. The van der Waals surface area contributed by atoms with Crippen molar-refractivity contribution < 1.29 is 9.90 Å². The number of aryl methyl sites for hydroxylation is 1. The highest BCUT2D eigenvalue weighted by molar-refractivity contribution is 9.10. The number of carbonyl (C=O) groups excluding carboxylic acids is 1. The summed E-state index contributed by atoms with van der Waals surface area (Å²) >= 11 is 4.98. The van der Waals surface area contributed by atoms with Crippen molar-refractivity contribution in [1.29, 1.82) is 0 Å². The van der Waals surface area contributed by atoms with Crippen LogP contribution in [0.4, 0.5) is 0 Å². The van der Waals surface area contributed by atoms with Gasteiger partial charge in [0.15, 0.2) is 0 Å². The molecule has 1 amide bonds. The molecule has 3 nitrogen and oxygen atoms in total. The standard InChI is InChI=1S/C15H20BrNO2S/c1-10-7-12(16)5-6-14(10)20-9-15(19)17-8-11-3-2-4-13(11)18/h5-7,11,13,18H,2-4,8-9H2,1H3,(H,17,19). The van der Waals surface area contributed by atoms with Gasteiger partial charge in [0.25, 0.3) is 0 Å². The quantitative estimate of drug-likeness (QED) is 0.796. The highest BCUT2D eigenvalue weighted by atomic mass is 79.9. The van der Waals surface area contributed by atoms with Crippen LogP contribution in [0.2, 0.25) is 0 Å². The number of aliphatic hydroxyl groups is 1. The van der Waals surface area contributed by atoms with Crippen LogP contribution in [0, 0.1) is 12.8 Å². The summed E-state index contributed by atoms with van der Waals surface area (Å²) in [4.78, 5) is 13.0. The van der Waals surface area contributed by atoms with Crippen LogP contribution in [-0.2, 0) is 4.79 Å². The molecule has 110 valence electrons. The lowest BCUT2D eigenvalue weighted by atomic mass is 10.1. The number of halogens is 1. The highest BCUT2D eigenvalue weighted by Gasteiger charge is 2.25. The van der Waals surface area contributed by atoms with Crippen LogP contribution in [0.1, 0.15) is 24.8 Å². The van der Waals surface area contributed by atoms with Crippen LogP contribution < -0.4 is 5.32 Å². The fourth-order valence-electron chi connectivity index (χ4n) is 2.47. The lowest BCUT2D eigenvalue weighted by Crippen LogP contribution is -2.33. The van der Waals surface area contributed by atoms with Gasteiger partial charge in [-0.2, -0.15) is 0 Å². The summed E-state index contributed by atoms with van der Waals surface area (Å²) in [7, 11) is 0. The largest absolute Gasteiger partial charge is 0.393 e. The topological polar surface area (TPSA) is 49.3 Å². The number of benzene rings is 1. The third kappa shape index (κ3) is 4.50. The Labute approximate surface area is 132 Å². The second kappa shape index (κ2) is 7.48. The Bertz CT molecular complexity index is 481. The van der Waals surface area contributed by atoms with E-state index < -0.39 is 0 Å². The second-order valence-corrected chi connectivity index (χ2v) is 7.19. The van der Waals surface area contributed by atoms with Gasteiger partial charge in [-0.15, -0.1) is 11.8 Å². The number of amides is 1. The molecule has 1 aromatic rings. The molecule has 1 aliphatic carbocycles. The van der Waals surface area contributed by atoms with E-state index in [-0.39, 0.29) is 17.9 Å². The van der Waals surface area contributed by atoms with Crippen LogP contribution in [0.15, 0.2) is 27.6 Å². The molecule has 0 spiro atoms. The van der Waals surface area contributed by atoms with Gasteiger partial charge in [-0.3, -0.25) is 4.79 Å². The van der Waals surface area contributed by atoms with Gasteiger partial charge in [-0.25, -0.2) is 0 Å². The number of carbonyl (C=O) groups is 1. The van der Waals surface area contributed by atoms with E-state index >= 15 is 0 Å². The predicted octanol–water partition coefficient (Wildman–Crippen LogP) is 3.13. The van der Waals surface area contributed by atoms with Crippen LogP contribution in [-0.4, -0.2) is 29.4 Å². The molecule has 5 heteroatoms. The number of thioether (sulfide) groups is 1. The minimum atomic E-state index is -0.239. The Morgan fingerprint density at radius 1 is 1.50 bits per heavy atom. The zero-order valence-electron chi connectivity index (χ0n) is 11.6. The molecule has 2 N–H and O–H groups in total. The lowest BCUT2D eigenvalue weighted by Gasteiger charge is -2.15. The van der Waals surface area contributed by atoms with E-state index in [1.54, 1.807) is 11.8 Å². The van der Waals surface area contributed by atoms with Crippen molar-refractivity contribution in [2.75, 3.05) is 12.3 Å². The van der Waals surface area contributed by atoms with Crippen molar-refractivity contribution in [1.82, 2.24) is 5.32 Å². The van der Waals surface area contributed by atoms with Gasteiger partial charge in [0, 0.05) is 21.8 Å². The molecule has 0 bridgehead atoms. The van der Waals surface area contributed by atoms with Crippen LogP contribution in [0.5, 0.6) is 0 Å². The minimum absolute atomic E-state index is 0.0384. The van der Waals surface area contributed by atoms with Gasteiger partial charge in [-0.05, 0) is 43.5 Å². The molecule has 2 atom stereocenters. The van der Waals surface area contributed by atoms with Crippen molar-refractivity contribution in [2.24, 2.45) is 5.92 Å². The first-order valence-corrected chi connectivity index (χ1v) is 8.68. The maximum absolute atomic E-state index is 11.8. The zero-order valence-corrected chi connectivity index (χ0v) is 14.0. The summed E-state index contributed by atoms with van der Waals surface area (Å²) in [6.07, 6.45) is 2.71. The first-order valence-electron chi connectivity index (χ1n) is 6.90. The van der Waals surface area contributed by atoms with E-state index in [1.807, 2.05) is 19.1 Å². The van der Waals surface area contributed by atoms with Crippen molar-refractivity contribution in [3.63, 3.8) is 0 Å². The summed E-state index contributed by atoms with van der Waals surface area (Å²) < 4.78 is 1.05. The Kier molecular flexibility index (Phi) is 5.93. The van der Waals surface area contributed by atoms with E-state index in [9.17, 15) is 9.90 Å². The molecule has 0 aromatic heterocycles. The SMILES string of the molecule is Cc1cc(Br)ccc1SCC(=O)NCC1CCCC1O. The first kappa shape index (κ1) is 15.9. The maximum atomic E-state index is 11.8. The van der Waals surface area contributed by atoms with E-state index in [1.165, 1.54) is 5.56 Å². The maximum Gasteiger partial charge on any atom is 0.230 e. The Balaban J connectivity index is 1.74. The van der Waals surface area contributed by atoms with Crippen molar-refractivity contribution in [2.45, 2.75) is 37.2 Å². The molecule has 0 aliphatic heterocycles. The highest BCUT2D eigenvalue weighted by Crippen LogP contribution is 2.26. The van der Waals surface area contributed by atoms with Crippen molar-refractivity contribution >= 4 is 33.6 Å². The van der Waals surface area contributed by atoms with Gasteiger partial charge >= 0.3 is 0 Å². The van der Waals surface area contributed by atoms with Gasteiger partial charge in [0.1, 0.15) is 0 Å². The molecule has 1 saturated carbocycles. The van der Waals surface area contributed by atoms with Crippen LogP contribution in [0.3, 0.4) is 0 Å². The Morgan fingerprint density at radius 2 is 2.30 bits per heavy atom. The molecular weight excluding hydrogens is 338 g/mol. The lowest BCUT2D eigenvalue weighted by molar-refractivity contribution is -0.118. The van der Waals surface area contributed by atoms with Gasteiger partial charge in [-0.1, -0.05) is 22.4 Å². The molecule has 0 radical (unpaired) electrons. The number of nitrogens with one attached hydrogen (secondary N) is 1. The monoisotopic (exact) mass is 357 g/mol. The number of hydrogen-bond acceptors (Lipinski definition) is 3. The third-order valence-electron chi connectivity index (χ3n) is 3.68. The molecule has 1 aliphatic rings. The molecule has 1 aromatic carbocycles. The predicted molar refractivity (Wildman–Crippen MR) is 86.0 cm³/mol. The van der Waals surface area contributed by atoms with E-state index in [2.05, 4.69) is 27.3 Å². The second-order valence-electron chi connectivity index (χ2n) is 5.26. The summed E-state index contributed by atoms with van der Waals surface area (Å²) in [5, 5.41) is 12.6. The number of hydrogen-bond donors (Lipinski definition) is 2. The van der Waals surface area contributed by atoms with E-state index in [0.29, 0.717) is 12.3 Å². The summed E-state index contributed by atoms with van der Waals surface area (Å²) in [5.41, 5.74) is 1.17. The molecule has 1 fully saturated rings. The summed E-state index contributed by atoms with van der Waals surface area (Å²) in [5.74, 6) is 0.695. The van der Waals surface area contributed by atoms with Crippen LogP contribution >= 0.6 is 27.7 Å². The summed E-state index contributed by atoms with van der Waals surface area (Å²) in [6, 6.07) is 6.06. The van der Waals surface area contributed by atoms with Crippen molar-refractivity contribution in [3.8, 4) is 0 Å². The zero-order chi connectivity index (χ0) is 14.5. The number of aliphatic hydroxyl groups excluding tert-OH is 1. The molecule has 2 rings (SSSR count). The van der Waals surface area contributed by atoms with E-state index in [4.69, 9.17) is 0 Å². The minimum Gasteiger partial charge on any atom is -0.393 e. The van der Waals surface area contributed by atoms with Gasteiger partial charge in [0.05, 0.1) is 11.9 Å². The third-order valence-corrected chi connectivity index (χ3v) is 5.34. The fourth-order valence-corrected chi connectivity index (χ4v) is 3.78. The molecular formula is C15H20BrNO2S. The normalized spacial score (nSPS) is 21.9. The summed E-state index contributed by atoms with van der Waals surface area (Å²) in [6.45, 7) is 2.64. The molecule has 20 heavy (non-hydrogen) atoms. The number of rotatable bonds is 5. The molecule has 0 saturated heterocycles. The molecule has 2 unspecified atom stereocenters. The smallest absolute Gasteiger partial charge is 0.230 e. The first-order chi connectivity index (χ1) is 9.56. The average molecular weight is 358 g/mol.